The first-order valence-corrected chi connectivity index (χ1v) is 21.1. The van der Waals surface area contributed by atoms with Gasteiger partial charge in [-0.3, -0.25) is 28.9 Å². The van der Waals surface area contributed by atoms with Crippen LogP contribution in [0, 0.1) is 46.8 Å². The lowest BCUT2D eigenvalue weighted by Crippen LogP contribution is -2.45. The van der Waals surface area contributed by atoms with Gasteiger partial charge in [0, 0.05) is 25.4 Å². The van der Waals surface area contributed by atoms with E-state index in [-0.39, 0.29) is 79.3 Å². The van der Waals surface area contributed by atoms with Gasteiger partial charge in [-0.1, -0.05) is 87.2 Å². The fraction of sp³-hybridized carbons (Fsp3) is 0.630. The summed E-state index contributed by atoms with van der Waals surface area (Å²) in [5.41, 5.74) is -0.168. The molecular weight excluding hydrogens is 735 g/mol. The molecule has 1 saturated heterocycles. The number of amides is 3. The van der Waals surface area contributed by atoms with Gasteiger partial charge in [-0.2, -0.15) is 0 Å². The number of terminal acetylenes is 1. The Morgan fingerprint density at radius 1 is 0.931 bits per heavy atom. The van der Waals surface area contributed by atoms with Crippen LogP contribution in [0.25, 0.3) is 0 Å². The van der Waals surface area contributed by atoms with Crippen molar-refractivity contribution in [2.24, 2.45) is 34.5 Å². The standard InChI is InChI=1S/C46H63N5O7/c1-9-25-49(26-17-12-13-18-27-50-41(54)39-33-21-22-34(28-33)40(39)42(50)55)37(52)23-24-38(53)58-31-35-30-51(48-47-35)46(8,10-2)36(32-19-15-14-16-20-32)29-44(4,5)45(6,7)43(56)57-11-3/h1,14-16,19-22,30,33-34,36,39-40H,10-13,17-18,23-29,31H2,2-8H3/t33-,34+,36?,39+,40?,46?/m1/s1. The van der Waals surface area contributed by atoms with Gasteiger partial charge in [0.2, 0.25) is 17.7 Å². The van der Waals surface area contributed by atoms with Crippen molar-refractivity contribution in [3.8, 4) is 12.3 Å². The summed E-state index contributed by atoms with van der Waals surface area (Å²) in [4.78, 5) is 67.9. The minimum atomic E-state index is -0.761. The number of carbonyl (C=O) groups is 5. The smallest absolute Gasteiger partial charge is 0.312 e. The molecule has 2 aromatic rings. The van der Waals surface area contributed by atoms with Crippen LogP contribution in [0.15, 0.2) is 48.7 Å². The van der Waals surface area contributed by atoms with Crippen molar-refractivity contribution in [1.29, 1.82) is 0 Å². The highest BCUT2D eigenvalue weighted by molar-refractivity contribution is 6.06. The topological polar surface area (TPSA) is 141 Å². The molecule has 12 heteroatoms. The molecule has 1 saturated carbocycles. The Kier molecular flexibility index (Phi) is 14.4. The number of hydrogen-bond acceptors (Lipinski definition) is 9. The highest BCUT2D eigenvalue weighted by atomic mass is 16.5. The lowest BCUT2D eigenvalue weighted by Gasteiger charge is -2.46. The Bertz CT molecular complexity index is 1830. The molecule has 3 amide bonds. The molecule has 2 bridgehead atoms. The highest BCUT2D eigenvalue weighted by Gasteiger charge is 2.59. The van der Waals surface area contributed by atoms with Crippen LogP contribution in [0.2, 0.25) is 0 Å². The van der Waals surface area contributed by atoms with Gasteiger partial charge in [0.1, 0.15) is 12.3 Å². The number of benzene rings is 1. The second-order valence-electron chi connectivity index (χ2n) is 17.7. The van der Waals surface area contributed by atoms with Crippen molar-refractivity contribution in [1.82, 2.24) is 24.8 Å². The fourth-order valence-corrected chi connectivity index (χ4v) is 9.02. The lowest BCUT2D eigenvalue weighted by atomic mass is 9.60. The summed E-state index contributed by atoms with van der Waals surface area (Å²) < 4.78 is 12.9. The highest BCUT2D eigenvalue weighted by Crippen LogP contribution is 2.53. The van der Waals surface area contributed by atoms with E-state index in [1.807, 2.05) is 49.8 Å². The van der Waals surface area contributed by atoms with E-state index in [1.54, 1.807) is 4.90 Å². The summed E-state index contributed by atoms with van der Waals surface area (Å²) in [5.74, 6) is 1.59. The number of fused-ring (bicyclic) bond motifs is 5. The number of aromatic nitrogens is 3. The zero-order chi connectivity index (χ0) is 42.3. The Hall–Kier alpha value is -4.79. The SMILES string of the molecule is C#CCN(CCCCCCN1C(=O)C2[C@@H](C1=O)[C@@H]1C=C[C@H]2C1)C(=O)CCC(=O)OCc1cn(C(C)(CC)C(CC(C)(C)C(C)(C)C(=O)OCC)c2ccccc2)nn1. The molecule has 58 heavy (non-hydrogen) atoms. The third kappa shape index (κ3) is 9.40. The Balaban J connectivity index is 1.09. The van der Waals surface area contributed by atoms with E-state index in [9.17, 15) is 24.0 Å². The summed E-state index contributed by atoms with van der Waals surface area (Å²) in [5, 5.41) is 8.88. The number of unbranched alkanes of at least 4 members (excludes halogenated alkanes) is 3. The van der Waals surface area contributed by atoms with Crippen LogP contribution < -0.4 is 0 Å². The summed E-state index contributed by atoms with van der Waals surface area (Å²) >= 11 is 0. The first kappa shape index (κ1) is 44.3. The number of esters is 2. The second kappa shape index (κ2) is 18.9. The Morgan fingerprint density at radius 3 is 2.21 bits per heavy atom. The number of ether oxygens (including phenoxy) is 2. The minimum absolute atomic E-state index is 0.0109. The first-order chi connectivity index (χ1) is 27.6. The number of imide groups is 1. The van der Waals surface area contributed by atoms with E-state index in [2.05, 4.69) is 68.2 Å². The predicted molar refractivity (Wildman–Crippen MR) is 219 cm³/mol. The monoisotopic (exact) mass is 797 g/mol. The summed E-state index contributed by atoms with van der Waals surface area (Å²) in [7, 11) is 0. The van der Waals surface area contributed by atoms with E-state index in [1.165, 1.54) is 4.90 Å². The van der Waals surface area contributed by atoms with E-state index < -0.39 is 22.3 Å². The van der Waals surface area contributed by atoms with Crippen molar-refractivity contribution < 1.29 is 33.4 Å². The van der Waals surface area contributed by atoms with Crippen molar-refractivity contribution >= 4 is 29.7 Å². The predicted octanol–water partition coefficient (Wildman–Crippen LogP) is 6.85. The van der Waals surface area contributed by atoms with Crippen LogP contribution >= 0.6 is 0 Å². The zero-order valence-electron chi connectivity index (χ0n) is 35.6. The maximum Gasteiger partial charge on any atom is 0.312 e. The molecule has 2 aliphatic carbocycles. The average molecular weight is 798 g/mol. The van der Waals surface area contributed by atoms with Gasteiger partial charge >= 0.3 is 11.9 Å². The maximum atomic E-state index is 13.1. The summed E-state index contributed by atoms with van der Waals surface area (Å²) in [6.07, 6.45) is 16.8. The molecule has 0 N–H and O–H groups in total. The summed E-state index contributed by atoms with van der Waals surface area (Å²) in [6, 6.07) is 10.2. The normalized spacial score (nSPS) is 21.4. The van der Waals surface area contributed by atoms with Crippen molar-refractivity contribution in [3.63, 3.8) is 0 Å². The molecular formula is C46H63N5O7. The third-order valence-corrected chi connectivity index (χ3v) is 13.6. The zero-order valence-corrected chi connectivity index (χ0v) is 35.6. The Morgan fingerprint density at radius 2 is 1.59 bits per heavy atom. The number of rotatable bonds is 22. The molecule has 1 aromatic heterocycles. The molecule has 3 aliphatic rings. The van der Waals surface area contributed by atoms with Gasteiger partial charge in [0.15, 0.2) is 0 Å². The summed E-state index contributed by atoms with van der Waals surface area (Å²) in [6.45, 7) is 15.4. The third-order valence-electron chi connectivity index (χ3n) is 13.6. The quantitative estimate of drug-likeness (QED) is 0.0412. The average Bonchev–Trinajstić information content (AvgIpc) is 4.01. The van der Waals surface area contributed by atoms with Gasteiger partial charge < -0.3 is 14.4 Å². The number of likely N-dealkylation sites (tertiary alicyclic amines) is 1. The molecule has 1 aliphatic heterocycles. The van der Waals surface area contributed by atoms with E-state index >= 15 is 0 Å². The van der Waals surface area contributed by atoms with E-state index in [0.717, 1.165) is 37.7 Å². The van der Waals surface area contributed by atoms with Crippen molar-refractivity contribution in [2.75, 3.05) is 26.2 Å². The maximum absolute atomic E-state index is 13.1. The first-order valence-electron chi connectivity index (χ1n) is 21.1. The lowest BCUT2D eigenvalue weighted by molar-refractivity contribution is -0.161. The van der Waals surface area contributed by atoms with Gasteiger partial charge in [-0.25, -0.2) is 4.68 Å². The minimum Gasteiger partial charge on any atom is -0.466 e. The molecule has 12 nitrogen and oxygen atoms in total. The molecule has 3 unspecified atom stereocenters. The Labute approximate surface area is 344 Å². The van der Waals surface area contributed by atoms with Gasteiger partial charge in [0.25, 0.3) is 0 Å². The molecule has 2 fully saturated rings. The van der Waals surface area contributed by atoms with Crippen molar-refractivity contribution in [3.05, 3.63) is 59.9 Å². The van der Waals surface area contributed by atoms with Crippen LogP contribution in [0.1, 0.15) is 123 Å². The number of allylic oxidation sites excluding steroid dienone is 2. The molecule has 2 heterocycles. The number of carbonyl (C=O) groups excluding carboxylic acids is 5. The van der Waals surface area contributed by atoms with Crippen molar-refractivity contribution in [2.45, 2.75) is 124 Å². The van der Waals surface area contributed by atoms with Gasteiger partial charge in [-0.15, -0.1) is 11.5 Å². The van der Waals surface area contributed by atoms with Crippen LogP contribution in [-0.2, 0) is 45.6 Å². The number of nitrogens with zero attached hydrogens (tertiary/aromatic N) is 5. The van der Waals surface area contributed by atoms with Crippen LogP contribution in [0.5, 0.6) is 0 Å². The molecule has 314 valence electrons. The van der Waals surface area contributed by atoms with Crippen LogP contribution in [-0.4, -0.2) is 80.7 Å². The molecule has 0 radical (unpaired) electrons. The molecule has 1 aromatic carbocycles. The second-order valence-corrected chi connectivity index (χ2v) is 17.7. The number of hydrogen-bond donors (Lipinski definition) is 0. The van der Waals surface area contributed by atoms with Crippen LogP contribution in [0.3, 0.4) is 0 Å². The van der Waals surface area contributed by atoms with E-state index in [4.69, 9.17) is 15.9 Å². The van der Waals surface area contributed by atoms with Gasteiger partial charge in [-0.05, 0) is 82.6 Å². The van der Waals surface area contributed by atoms with Crippen LogP contribution in [0.4, 0.5) is 0 Å². The fourth-order valence-electron chi connectivity index (χ4n) is 9.02. The molecule has 5 rings (SSSR count). The van der Waals surface area contributed by atoms with Gasteiger partial charge in [0.05, 0.1) is 48.6 Å². The molecule has 0 spiro atoms. The molecule has 6 atom stereocenters. The largest absolute Gasteiger partial charge is 0.466 e. The van der Waals surface area contributed by atoms with E-state index in [0.29, 0.717) is 38.2 Å².